The molecular weight excluding hydrogens is 312 g/mol. The minimum absolute atomic E-state index is 0.237. The van der Waals surface area contributed by atoms with E-state index < -0.39 is 0 Å². The molecule has 0 aromatic heterocycles. The Bertz CT molecular complexity index is 604. The molecule has 1 saturated heterocycles. The molecule has 0 unspecified atom stereocenters. The lowest BCUT2D eigenvalue weighted by molar-refractivity contribution is -0.137. The molecule has 1 atom stereocenters. The van der Waals surface area contributed by atoms with E-state index in [0.29, 0.717) is 5.91 Å². The number of benzene rings is 1. The third-order valence-corrected chi connectivity index (χ3v) is 6.85. The van der Waals surface area contributed by atoms with Crippen LogP contribution in [0.4, 0.5) is 0 Å². The van der Waals surface area contributed by atoms with Gasteiger partial charge in [0.2, 0.25) is 5.91 Å². The number of carbonyl (C=O) groups is 1. The summed E-state index contributed by atoms with van der Waals surface area (Å²) in [6, 6.07) is 10.6. The van der Waals surface area contributed by atoms with Gasteiger partial charge in [0.25, 0.3) is 0 Å². The van der Waals surface area contributed by atoms with E-state index in [1.54, 1.807) is 7.11 Å². The molecule has 3 aliphatic rings. The molecule has 1 amide bonds. The number of methoxy groups -OCH3 is 1. The zero-order valence-electron chi connectivity index (χ0n) is 15.4. The second-order valence-electron chi connectivity index (χ2n) is 8.06. The zero-order chi connectivity index (χ0) is 17.3. The Balaban J connectivity index is 1.51. The highest BCUT2D eigenvalue weighted by molar-refractivity contribution is 5.93. The summed E-state index contributed by atoms with van der Waals surface area (Å²) in [4.78, 5) is 18.2. The first kappa shape index (κ1) is 17.0. The molecule has 0 radical (unpaired) electrons. The van der Waals surface area contributed by atoms with Crippen molar-refractivity contribution in [1.82, 2.24) is 9.80 Å². The van der Waals surface area contributed by atoms with Crippen molar-refractivity contribution in [3.63, 3.8) is 0 Å². The van der Waals surface area contributed by atoms with Gasteiger partial charge in [-0.3, -0.25) is 9.69 Å². The van der Waals surface area contributed by atoms with Gasteiger partial charge in [-0.05, 0) is 30.2 Å². The Hall–Kier alpha value is -1.39. The molecule has 1 aromatic rings. The maximum absolute atomic E-state index is 13.6. The number of hydrogen-bond acceptors (Lipinski definition) is 3. The van der Waals surface area contributed by atoms with Gasteiger partial charge >= 0.3 is 0 Å². The van der Waals surface area contributed by atoms with Gasteiger partial charge in [-0.25, -0.2) is 0 Å². The molecule has 25 heavy (non-hydrogen) atoms. The lowest BCUT2D eigenvalue weighted by Crippen LogP contribution is -2.52. The first-order valence-electron chi connectivity index (χ1n) is 9.78. The Morgan fingerprint density at radius 3 is 2.40 bits per heavy atom. The highest BCUT2D eigenvalue weighted by Crippen LogP contribution is 2.72. The van der Waals surface area contributed by atoms with Crippen LogP contribution in [0.2, 0.25) is 0 Å². The fourth-order valence-electron chi connectivity index (χ4n) is 5.34. The highest BCUT2D eigenvalue weighted by atomic mass is 16.5. The van der Waals surface area contributed by atoms with Crippen molar-refractivity contribution in [2.45, 2.75) is 37.5 Å². The minimum atomic E-state index is -0.237. The second-order valence-corrected chi connectivity index (χ2v) is 8.06. The molecule has 4 heteroatoms. The summed E-state index contributed by atoms with van der Waals surface area (Å²) in [5.74, 6) is 0.395. The average molecular weight is 342 g/mol. The third-order valence-electron chi connectivity index (χ3n) is 6.85. The SMILES string of the molecule is COCCN1CCN(C(=O)[C@@]2(c3ccccc3)CC23CCCC3)CC1. The van der Waals surface area contributed by atoms with Gasteiger partial charge in [0, 0.05) is 39.8 Å². The van der Waals surface area contributed by atoms with Crippen molar-refractivity contribution in [2.24, 2.45) is 5.41 Å². The molecule has 0 N–H and O–H groups in total. The van der Waals surface area contributed by atoms with Gasteiger partial charge in [0.1, 0.15) is 0 Å². The van der Waals surface area contributed by atoms with Crippen LogP contribution in [0.15, 0.2) is 30.3 Å². The van der Waals surface area contributed by atoms with Crippen LogP contribution in [0, 0.1) is 5.41 Å². The molecule has 3 fully saturated rings. The Morgan fingerprint density at radius 2 is 1.76 bits per heavy atom. The summed E-state index contributed by atoms with van der Waals surface area (Å²) in [5, 5.41) is 0. The van der Waals surface area contributed by atoms with Crippen LogP contribution in [-0.2, 0) is 14.9 Å². The summed E-state index contributed by atoms with van der Waals surface area (Å²) in [5.41, 5.74) is 1.27. The monoisotopic (exact) mass is 342 g/mol. The molecule has 1 spiro atoms. The quantitative estimate of drug-likeness (QED) is 0.825. The normalized spacial score (nSPS) is 28.4. The van der Waals surface area contributed by atoms with Crippen molar-refractivity contribution in [2.75, 3.05) is 46.4 Å². The lowest BCUT2D eigenvalue weighted by Gasteiger charge is -2.37. The lowest BCUT2D eigenvalue weighted by atomic mass is 9.83. The van der Waals surface area contributed by atoms with E-state index >= 15 is 0 Å². The smallest absolute Gasteiger partial charge is 0.233 e. The fraction of sp³-hybridized carbons (Fsp3) is 0.667. The molecule has 1 heterocycles. The van der Waals surface area contributed by atoms with Crippen molar-refractivity contribution in [3.8, 4) is 0 Å². The van der Waals surface area contributed by atoms with E-state index in [2.05, 4.69) is 40.1 Å². The predicted octanol–water partition coefficient (Wildman–Crippen LogP) is 2.68. The molecule has 0 bridgehead atoms. The number of piperazine rings is 1. The maximum atomic E-state index is 13.6. The van der Waals surface area contributed by atoms with Crippen molar-refractivity contribution >= 4 is 5.91 Å². The van der Waals surface area contributed by atoms with Crippen LogP contribution < -0.4 is 0 Å². The minimum Gasteiger partial charge on any atom is -0.383 e. The Labute approximate surface area is 151 Å². The van der Waals surface area contributed by atoms with Gasteiger partial charge in [-0.2, -0.15) is 0 Å². The van der Waals surface area contributed by atoms with E-state index in [1.807, 2.05) is 0 Å². The van der Waals surface area contributed by atoms with E-state index in [4.69, 9.17) is 4.74 Å². The van der Waals surface area contributed by atoms with Crippen molar-refractivity contribution in [1.29, 1.82) is 0 Å². The number of carbonyl (C=O) groups excluding carboxylic acids is 1. The van der Waals surface area contributed by atoms with E-state index in [-0.39, 0.29) is 10.8 Å². The second kappa shape index (κ2) is 6.73. The molecule has 2 aliphatic carbocycles. The first-order chi connectivity index (χ1) is 12.2. The van der Waals surface area contributed by atoms with Crippen LogP contribution in [0.1, 0.15) is 37.7 Å². The van der Waals surface area contributed by atoms with Crippen LogP contribution in [0.5, 0.6) is 0 Å². The first-order valence-corrected chi connectivity index (χ1v) is 9.78. The average Bonchev–Trinajstić information content (AvgIpc) is 3.07. The van der Waals surface area contributed by atoms with Gasteiger partial charge < -0.3 is 9.64 Å². The molecule has 1 aromatic carbocycles. The number of ether oxygens (including phenoxy) is 1. The number of hydrogen-bond donors (Lipinski definition) is 0. The van der Waals surface area contributed by atoms with Crippen molar-refractivity contribution in [3.05, 3.63) is 35.9 Å². The fourth-order valence-corrected chi connectivity index (χ4v) is 5.34. The zero-order valence-corrected chi connectivity index (χ0v) is 15.4. The predicted molar refractivity (Wildman–Crippen MR) is 98.5 cm³/mol. The number of nitrogens with zero attached hydrogens (tertiary/aromatic N) is 2. The molecule has 136 valence electrons. The molecule has 1 aliphatic heterocycles. The summed E-state index contributed by atoms with van der Waals surface area (Å²) in [6.07, 6.45) is 6.08. The summed E-state index contributed by atoms with van der Waals surface area (Å²) in [7, 11) is 1.75. The van der Waals surface area contributed by atoms with Crippen LogP contribution in [-0.4, -0.2) is 62.1 Å². The van der Waals surface area contributed by atoms with Crippen molar-refractivity contribution < 1.29 is 9.53 Å². The van der Waals surface area contributed by atoms with Gasteiger partial charge in [0.15, 0.2) is 0 Å². The molecular formula is C21H30N2O2. The summed E-state index contributed by atoms with van der Waals surface area (Å²) >= 11 is 0. The maximum Gasteiger partial charge on any atom is 0.233 e. The standard InChI is InChI=1S/C21H30N2O2/c1-25-16-15-22-11-13-23(14-12-22)19(24)21(18-7-3-2-4-8-18)17-20(21)9-5-6-10-20/h2-4,7-8H,5-6,9-17H2,1H3/t21-/m0/s1. The number of rotatable bonds is 5. The van der Waals surface area contributed by atoms with Gasteiger partial charge in [-0.15, -0.1) is 0 Å². The Kier molecular flexibility index (Phi) is 4.59. The van der Waals surface area contributed by atoms with E-state index in [0.717, 1.165) is 45.8 Å². The Morgan fingerprint density at radius 1 is 1.08 bits per heavy atom. The summed E-state index contributed by atoms with van der Waals surface area (Å²) < 4.78 is 5.18. The highest BCUT2D eigenvalue weighted by Gasteiger charge is 2.73. The number of amides is 1. The topological polar surface area (TPSA) is 32.8 Å². The molecule has 4 nitrogen and oxygen atoms in total. The molecule has 4 rings (SSSR count). The van der Waals surface area contributed by atoms with Crippen LogP contribution >= 0.6 is 0 Å². The summed E-state index contributed by atoms with van der Waals surface area (Å²) in [6.45, 7) is 5.37. The van der Waals surface area contributed by atoms with E-state index in [1.165, 1.54) is 31.2 Å². The third kappa shape index (κ3) is 2.80. The van der Waals surface area contributed by atoms with Gasteiger partial charge in [0.05, 0.1) is 12.0 Å². The van der Waals surface area contributed by atoms with Crippen LogP contribution in [0.3, 0.4) is 0 Å². The van der Waals surface area contributed by atoms with E-state index in [9.17, 15) is 4.79 Å². The van der Waals surface area contributed by atoms with Gasteiger partial charge in [-0.1, -0.05) is 43.2 Å². The largest absolute Gasteiger partial charge is 0.383 e. The van der Waals surface area contributed by atoms with Crippen LogP contribution in [0.25, 0.3) is 0 Å². The molecule has 2 saturated carbocycles.